The molecule has 3 nitrogen and oxygen atoms in total. The molecule has 114 valence electrons. The van der Waals surface area contributed by atoms with Crippen LogP contribution in [0.1, 0.15) is 11.1 Å². The van der Waals surface area contributed by atoms with Crippen molar-refractivity contribution in [2.75, 3.05) is 6.54 Å². The second kappa shape index (κ2) is 6.60. The Morgan fingerprint density at radius 3 is 2.23 bits per heavy atom. The molecule has 1 aliphatic heterocycles. The smallest absolute Gasteiger partial charge is 0.410 e. The Balaban J connectivity index is 1.56. The Morgan fingerprint density at radius 2 is 1.64 bits per heavy atom. The Bertz CT molecular complexity index is 617. The number of nitrogens with zero attached hydrogens (tertiary/aromatic N) is 1. The average molecular weight is 299 g/mol. The molecule has 0 saturated carbocycles. The van der Waals surface area contributed by atoms with E-state index in [1.54, 1.807) is 0 Å². The van der Waals surface area contributed by atoms with Crippen molar-refractivity contribution in [1.82, 2.24) is 4.90 Å². The monoisotopic (exact) mass is 299 g/mol. The van der Waals surface area contributed by atoms with Crippen LogP contribution in [0.5, 0.6) is 0 Å². The molecule has 0 unspecified atom stereocenters. The number of rotatable bonds is 4. The number of carbonyl (C=O) groups excluding carboxylic acids is 1. The maximum absolute atomic E-state index is 13.8. The summed E-state index contributed by atoms with van der Waals surface area (Å²) in [7, 11) is 0. The summed E-state index contributed by atoms with van der Waals surface area (Å²) >= 11 is 0. The molecule has 0 spiro atoms. The van der Waals surface area contributed by atoms with E-state index >= 15 is 0 Å². The number of ether oxygens (including phenoxy) is 1. The van der Waals surface area contributed by atoms with Crippen molar-refractivity contribution in [3.8, 4) is 0 Å². The van der Waals surface area contributed by atoms with Gasteiger partial charge in [0.1, 0.15) is 12.8 Å². The summed E-state index contributed by atoms with van der Waals surface area (Å²) in [5.74, 6) is 0. The van der Waals surface area contributed by atoms with E-state index < -0.39 is 18.3 Å². The first-order valence-corrected chi connectivity index (χ1v) is 7.39. The van der Waals surface area contributed by atoms with E-state index in [2.05, 4.69) is 0 Å². The second-order valence-corrected chi connectivity index (χ2v) is 5.47. The first kappa shape index (κ1) is 14.6. The lowest BCUT2D eigenvalue weighted by molar-refractivity contribution is -0.0132. The quantitative estimate of drug-likeness (QED) is 0.863. The highest BCUT2D eigenvalue weighted by Crippen LogP contribution is 2.26. The van der Waals surface area contributed by atoms with Crippen LogP contribution in [0.3, 0.4) is 0 Å². The zero-order chi connectivity index (χ0) is 15.4. The van der Waals surface area contributed by atoms with Crippen LogP contribution in [0, 0.1) is 0 Å². The van der Waals surface area contributed by atoms with Crippen molar-refractivity contribution in [2.24, 2.45) is 0 Å². The van der Waals surface area contributed by atoms with Gasteiger partial charge in [0.25, 0.3) is 0 Å². The lowest BCUT2D eigenvalue weighted by Gasteiger charge is -2.43. The first-order chi connectivity index (χ1) is 10.7. The van der Waals surface area contributed by atoms with Crippen molar-refractivity contribution in [1.29, 1.82) is 0 Å². The van der Waals surface area contributed by atoms with Gasteiger partial charge in [0.05, 0.1) is 12.6 Å². The van der Waals surface area contributed by atoms with Crippen molar-refractivity contribution >= 4 is 6.09 Å². The van der Waals surface area contributed by atoms with E-state index in [0.29, 0.717) is 6.42 Å². The van der Waals surface area contributed by atoms with Gasteiger partial charge >= 0.3 is 6.09 Å². The first-order valence-electron chi connectivity index (χ1n) is 7.39. The zero-order valence-electron chi connectivity index (χ0n) is 12.2. The number of benzene rings is 2. The lowest BCUT2D eigenvalue weighted by atomic mass is 9.94. The number of hydrogen-bond donors (Lipinski definition) is 0. The number of likely N-dealkylation sites (tertiary alicyclic amines) is 1. The highest BCUT2D eigenvalue weighted by molar-refractivity contribution is 5.69. The number of hydrogen-bond acceptors (Lipinski definition) is 2. The van der Waals surface area contributed by atoms with E-state index in [1.807, 2.05) is 60.7 Å². The van der Waals surface area contributed by atoms with Crippen LogP contribution >= 0.6 is 0 Å². The fraction of sp³-hybridized carbons (Fsp3) is 0.278. The highest BCUT2D eigenvalue weighted by Gasteiger charge is 2.43. The molecule has 2 aromatic carbocycles. The molecule has 22 heavy (non-hydrogen) atoms. The molecule has 1 aliphatic rings. The van der Waals surface area contributed by atoms with Crippen LogP contribution in [-0.2, 0) is 17.8 Å². The van der Waals surface area contributed by atoms with Crippen LogP contribution in [-0.4, -0.2) is 29.8 Å². The van der Waals surface area contributed by atoms with Crippen molar-refractivity contribution in [3.63, 3.8) is 0 Å². The summed E-state index contributed by atoms with van der Waals surface area (Å²) in [6.07, 6.45) is -0.911. The van der Waals surface area contributed by atoms with Gasteiger partial charge in [0.15, 0.2) is 0 Å². The summed E-state index contributed by atoms with van der Waals surface area (Å²) < 4.78 is 19.1. The maximum Gasteiger partial charge on any atom is 0.410 e. The fourth-order valence-corrected chi connectivity index (χ4v) is 2.61. The van der Waals surface area contributed by atoms with Gasteiger partial charge in [-0.1, -0.05) is 60.7 Å². The van der Waals surface area contributed by atoms with E-state index in [1.165, 1.54) is 4.90 Å². The summed E-state index contributed by atoms with van der Waals surface area (Å²) in [5, 5.41) is 0. The van der Waals surface area contributed by atoms with Crippen LogP contribution < -0.4 is 0 Å². The standard InChI is InChI=1S/C18H18FNO2/c19-16-12-20(17(16)11-14-7-3-1-4-8-14)18(21)22-13-15-9-5-2-6-10-15/h1-10,16-17H,11-13H2/t16-,17+/m0/s1. The summed E-state index contributed by atoms with van der Waals surface area (Å²) in [5.41, 5.74) is 1.95. The van der Waals surface area contributed by atoms with Gasteiger partial charge in [-0.15, -0.1) is 0 Å². The minimum absolute atomic E-state index is 0.116. The largest absolute Gasteiger partial charge is 0.445 e. The van der Waals surface area contributed by atoms with Gasteiger partial charge in [0, 0.05) is 0 Å². The number of amides is 1. The van der Waals surface area contributed by atoms with Crippen molar-refractivity contribution in [2.45, 2.75) is 25.2 Å². The van der Waals surface area contributed by atoms with Crippen LogP contribution in [0.15, 0.2) is 60.7 Å². The third-order valence-corrected chi connectivity index (χ3v) is 3.92. The normalized spacial score (nSPS) is 20.3. The summed E-state index contributed by atoms with van der Waals surface area (Å²) in [6.45, 7) is 0.330. The van der Waals surface area contributed by atoms with Gasteiger partial charge in [0.2, 0.25) is 0 Å². The molecule has 2 aromatic rings. The lowest BCUT2D eigenvalue weighted by Crippen LogP contribution is -2.61. The van der Waals surface area contributed by atoms with E-state index in [0.717, 1.165) is 11.1 Å². The number of alkyl halides is 1. The van der Waals surface area contributed by atoms with Gasteiger partial charge < -0.3 is 4.74 Å². The van der Waals surface area contributed by atoms with E-state index in [9.17, 15) is 9.18 Å². The van der Waals surface area contributed by atoms with E-state index in [-0.39, 0.29) is 13.2 Å². The molecule has 0 bridgehead atoms. The van der Waals surface area contributed by atoms with Gasteiger partial charge in [-0.25, -0.2) is 9.18 Å². The summed E-state index contributed by atoms with van der Waals surface area (Å²) in [4.78, 5) is 13.6. The molecule has 2 atom stereocenters. The topological polar surface area (TPSA) is 29.5 Å². The molecule has 1 saturated heterocycles. The van der Waals surface area contributed by atoms with Gasteiger partial charge in [-0.2, -0.15) is 0 Å². The third kappa shape index (κ3) is 3.27. The SMILES string of the molecule is O=C(OCc1ccccc1)N1C[C@H](F)[C@H]1Cc1ccccc1. The molecular formula is C18H18FNO2. The molecule has 3 rings (SSSR count). The minimum Gasteiger partial charge on any atom is -0.445 e. The Kier molecular flexibility index (Phi) is 4.37. The molecule has 1 heterocycles. The third-order valence-electron chi connectivity index (χ3n) is 3.92. The van der Waals surface area contributed by atoms with Gasteiger partial charge in [-0.3, -0.25) is 4.90 Å². The fourth-order valence-electron chi connectivity index (χ4n) is 2.61. The molecule has 0 N–H and O–H groups in total. The van der Waals surface area contributed by atoms with Gasteiger partial charge in [-0.05, 0) is 17.5 Å². The molecule has 0 aliphatic carbocycles. The Labute approximate surface area is 129 Å². The summed E-state index contributed by atoms with van der Waals surface area (Å²) in [6, 6.07) is 18.7. The molecular weight excluding hydrogens is 281 g/mol. The van der Waals surface area contributed by atoms with Crippen LogP contribution in [0.2, 0.25) is 0 Å². The second-order valence-electron chi connectivity index (χ2n) is 5.47. The predicted molar refractivity (Wildman–Crippen MR) is 82.2 cm³/mol. The molecule has 4 heteroatoms. The Hall–Kier alpha value is -2.36. The van der Waals surface area contributed by atoms with Crippen molar-refractivity contribution in [3.05, 3.63) is 71.8 Å². The Morgan fingerprint density at radius 1 is 1.05 bits per heavy atom. The molecule has 1 fully saturated rings. The zero-order valence-corrected chi connectivity index (χ0v) is 12.2. The van der Waals surface area contributed by atoms with Crippen LogP contribution in [0.4, 0.5) is 9.18 Å². The van der Waals surface area contributed by atoms with Crippen LogP contribution in [0.25, 0.3) is 0 Å². The molecule has 0 aromatic heterocycles. The average Bonchev–Trinajstić information content (AvgIpc) is 2.57. The number of carbonyl (C=O) groups is 1. The van der Waals surface area contributed by atoms with E-state index in [4.69, 9.17) is 4.74 Å². The molecule has 1 amide bonds. The predicted octanol–water partition coefficient (Wildman–Crippen LogP) is 3.59. The molecule has 0 radical (unpaired) electrons. The number of halogens is 1. The minimum atomic E-state index is -0.982. The van der Waals surface area contributed by atoms with Crippen molar-refractivity contribution < 1.29 is 13.9 Å². The maximum atomic E-state index is 13.8. The highest BCUT2D eigenvalue weighted by atomic mass is 19.1.